The van der Waals surface area contributed by atoms with E-state index in [0.717, 1.165) is 30.8 Å². The summed E-state index contributed by atoms with van der Waals surface area (Å²) in [7, 11) is 0. The molecule has 0 bridgehead atoms. The quantitative estimate of drug-likeness (QED) is 0.767. The number of benzene rings is 1. The number of hydrogen-bond acceptors (Lipinski definition) is 2. The second-order valence-electron chi connectivity index (χ2n) is 4.50. The summed E-state index contributed by atoms with van der Waals surface area (Å²) < 4.78 is 1.92. The molecule has 1 aromatic heterocycles. The maximum absolute atomic E-state index is 4.67. The van der Waals surface area contributed by atoms with Gasteiger partial charge < -0.3 is 5.32 Å². The predicted octanol–water partition coefficient (Wildman–Crippen LogP) is 3.49. The van der Waals surface area contributed by atoms with E-state index >= 15 is 0 Å². The van der Waals surface area contributed by atoms with Crippen LogP contribution in [0.15, 0.2) is 55.3 Å². The largest absolute Gasteiger partial charge is 0.309 e. The molecule has 100 valence electrons. The number of rotatable bonds is 7. The van der Waals surface area contributed by atoms with Crippen LogP contribution >= 0.6 is 0 Å². The molecule has 2 aromatic rings. The van der Waals surface area contributed by atoms with Gasteiger partial charge >= 0.3 is 0 Å². The molecule has 0 radical (unpaired) electrons. The fourth-order valence-corrected chi connectivity index (χ4v) is 2.13. The third kappa shape index (κ3) is 3.55. The summed E-state index contributed by atoms with van der Waals surface area (Å²) in [5.41, 5.74) is 2.18. The molecule has 1 unspecified atom stereocenters. The van der Waals surface area contributed by atoms with Crippen molar-refractivity contribution in [1.29, 1.82) is 0 Å². The molecule has 0 spiro atoms. The lowest BCUT2D eigenvalue weighted by Crippen LogP contribution is -2.21. The van der Waals surface area contributed by atoms with E-state index in [9.17, 15) is 0 Å². The first-order valence-corrected chi connectivity index (χ1v) is 6.80. The first-order valence-electron chi connectivity index (χ1n) is 6.80. The van der Waals surface area contributed by atoms with Gasteiger partial charge in [-0.3, -0.25) is 0 Å². The summed E-state index contributed by atoms with van der Waals surface area (Å²) in [6.07, 6.45) is 6.00. The van der Waals surface area contributed by atoms with Crippen LogP contribution in [0, 0.1) is 0 Å². The summed E-state index contributed by atoms with van der Waals surface area (Å²) in [5.74, 6) is 0. The molecule has 0 aliphatic rings. The van der Waals surface area contributed by atoms with Crippen LogP contribution in [0.25, 0.3) is 5.69 Å². The second-order valence-corrected chi connectivity index (χ2v) is 4.50. The van der Waals surface area contributed by atoms with Crippen molar-refractivity contribution in [3.63, 3.8) is 0 Å². The molecule has 0 amide bonds. The first-order chi connectivity index (χ1) is 9.35. The highest BCUT2D eigenvalue weighted by Crippen LogP contribution is 2.18. The van der Waals surface area contributed by atoms with Crippen molar-refractivity contribution in [1.82, 2.24) is 15.1 Å². The highest BCUT2D eigenvalue weighted by Gasteiger charge is 2.12. The minimum Gasteiger partial charge on any atom is -0.309 e. The SMILES string of the molecule is C=CCCC(NCC)c1ccn(-c2ccccc2)n1. The van der Waals surface area contributed by atoms with E-state index in [4.69, 9.17) is 0 Å². The molecule has 0 aliphatic carbocycles. The molecule has 1 N–H and O–H groups in total. The van der Waals surface area contributed by atoms with E-state index in [-0.39, 0.29) is 0 Å². The molecule has 0 saturated heterocycles. The normalized spacial score (nSPS) is 12.3. The second kappa shape index (κ2) is 6.90. The number of hydrogen-bond donors (Lipinski definition) is 1. The molecule has 0 fully saturated rings. The summed E-state index contributed by atoms with van der Waals surface area (Å²) in [4.78, 5) is 0. The lowest BCUT2D eigenvalue weighted by atomic mass is 10.1. The van der Waals surface area contributed by atoms with Crippen LogP contribution in [0.2, 0.25) is 0 Å². The van der Waals surface area contributed by atoms with Gasteiger partial charge in [0, 0.05) is 6.20 Å². The van der Waals surface area contributed by atoms with Gasteiger partial charge in [-0.1, -0.05) is 31.2 Å². The molecular formula is C16H21N3. The molecule has 1 heterocycles. The average molecular weight is 255 g/mol. The van der Waals surface area contributed by atoms with Crippen molar-refractivity contribution in [2.75, 3.05) is 6.54 Å². The maximum Gasteiger partial charge on any atom is 0.0798 e. The van der Waals surface area contributed by atoms with Crippen molar-refractivity contribution >= 4 is 0 Å². The number of nitrogens with one attached hydrogen (secondary N) is 1. The number of aromatic nitrogens is 2. The molecule has 3 heteroatoms. The Morgan fingerprint density at radius 3 is 2.79 bits per heavy atom. The number of allylic oxidation sites excluding steroid dienone is 1. The van der Waals surface area contributed by atoms with Gasteiger partial charge in [0.1, 0.15) is 0 Å². The van der Waals surface area contributed by atoms with Crippen LogP contribution in [0.5, 0.6) is 0 Å². The zero-order valence-electron chi connectivity index (χ0n) is 11.4. The monoisotopic (exact) mass is 255 g/mol. The highest BCUT2D eigenvalue weighted by atomic mass is 15.3. The van der Waals surface area contributed by atoms with Crippen molar-refractivity contribution in [2.45, 2.75) is 25.8 Å². The van der Waals surface area contributed by atoms with Crippen LogP contribution in [-0.2, 0) is 0 Å². The Morgan fingerprint density at radius 1 is 1.32 bits per heavy atom. The molecule has 3 nitrogen and oxygen atoms in total. The molecule has 0 saturated carbocycles. The summed E-state index contributed by atoms with van der Waals surface area (Å²) in [5, 5.41) is 8.15. The van der Waals surface area contributed by atoms with E-state index in [1.165, 1.54) is 0 Å². The van der Waals surface area contributed by atoms with Gasteiger partial charge in [-0.05, 0) is 37.6 Å². The zero-order valence-corrected chi connectivity index (χ0v) is 11.4. The van der Waals surface area contributed by atoms with E-state index < -0.39 is 0 Å². The van der Waals surface area contributed by atoms with Gasteiger partial charge in [-0.2, -0.15) is 5.10 Å². The van der Waals surface area contributed by atoms with Gasteiger partial charge in [0.15, 0.2) is 0 Å². The smallest absolute Gasteiger partial charge is 0.0798 e. The predicted molar refractivity (Wildman–Crippen MR) is 79.4 cm³/mol. The van der Waals surface area contributed by atoms with Gasteiger partial charge in [0.2, 0.25) is 0 Å². The van der Waals surface area contributed by atoms with Crippen LogP contribution in [0.3, 0.4) is 0 Å². The standard InChI is InChI=1S/C16H21N3/c1-3-5-11-15(17-4-2)16-12-13-19(18-16)14-9-7-6-8-10-14/h3,6-10,12-13,15,17H,1,4-5,11H2,2H3. The van der Waals surface area contributed by atoms with Crippen LogP contribution in [0.4, 0.5) is 0 Å². The molecule has 19 heavy (non-hydrogen) atoms. The molecular weight excluding hydrogens is 234 g/mol. The summed E-state index contributed by atoms with van der Waals surface area (Å²) >= 11 is 0. The van der Waals surface area contributed by atoms with Gasteiger partial charge in [0.25, 0.3) is 0 Å². The third-order valence-corrected chi connectivity index (χ3v) is 3.10. The Kier molecular flexibility index (Phi) is 4.93. The zero-order chi connectivity index (χ0) is 13.5. The fraction of sp³-hybridized carbons (Fsp3) is 0.312. The molecule has 1 atom stereocenters. The Hall–Kier alpha value is -1.87. The van der Waals surface area contributed by atoms with Crippen molar-refractivity contribution in [3.8, 4) is 5.69 Å². The third-order valence-electron chi connectivity index (χ3n) is 3.10. The van der Waals surface area contributed by atoms with Crippen LogP contribution in [0.1, 0.15) is 31.5 Å². The van der Waals surface area contributed by atoms with E-state index in [2.05, 4.69) is 42.1 Å². The van der Waals surface area contributed by atoms with E-state index in [1.807, 2.05) is 35.2 Å². The minimum absolute atomic E-state index is 0.299. The van der Waals surface area contributed by atoms with Crippen molar-refractivity contribution < 1.29 is 0 Å². The number of para-hydroxylation sites is 1. The Morgan fingerprint density at radius 2 is 2.11 bits per heavy atom. The lowest BCUT2D eigenvalue weighted by molar-refractivity contribution is 0.504. The summed E-state index contributed by atoms with van der Waals surface area (Å²) in [6, 6.07) is 12.6. The Bertz CT molecular complexity index is 502. The van der Waals surface area contributed by atoms with Crippen molar-refractivity contribution in [2.24, 2.45) is 0 Å². The minimum atomic E-state index is 0.299. The van der Waals surface area contributed by atoms with Gasteiger partial charge in [0.05, 0.1) is 17.4 Å². The molecule has 1 aromatic carbocycles. The molecule has 2 rings (SSSR count). The van der Waals surface area contributed by atoms with Gasteiger partial charge in [-0.15, -0.1) is 6.58 Å². The van der Waals surface area contributed by atoms with E-state index in [0.29, 0.717) is 6.04 Å². The van der Waals surface area contributed by atoms with Crippen LogP contribution in [-0.4, -0.2) is 16.3 Å². The topological polar surface area (TPSA) is 29.9 Å². The molecule has 0 aliphatic heterocycles. The van der Waals surface area contributed by atoms with Gasteiger partial charge in [-0.25, -0.2) is 4.68 Å². The van der Waals surface area contributed by atoms with Crippen LogP contribution < -0.4 is 5.32 Å². The summed E-state index contributed by atoms with van der Waals surface area (Å²) in [6.45, 7) is 6.85. The lowest BCUT2D eigenvalue weighted by Gasteiger charge is -2.14. The first kappa shape index (κ1) is 13.6. The highest BCUT2D eigenvalue weighted by molar-refractivity contribution is 5.30. The van der Waals surface area contributed by atoms with E-state index in [1.54, 1.807) is 0 Å². The average Bonchev–Trinajstić information content (AvgIpc) is 2.94. The maximum atomic E-state index is 4.67. The fourth-order valence-electron chi connectivity index (χ4n) is 2.13. The Balaban J connectivity index is 2.16. The Labute approximate surface area is 115 Å². The van der Waals surface area contributed by atoms with Crippen molar-refractivity contribution in [3.05, 3.63) is 60.9 Å². The number of nitrogens with zero attached hydrogens (tertiary/aromatic N) is 2.